The van der Waals surface area contributed by atoms with Gasteiger partial charge in [0.15, 0.2) is 5.78 Å². The molecule has 0 saturated carbocycles. The standard InChI is InChI=1S/C17H15ClFNO/c18-14-7-11(5-6-15(14)19)8-17(21)16-9-12-3-1-2-4-13(12)10-20-16/h1-7,16,20H,8-10H2. The Bertz CT molecular complexity index is 686. The van der Waals surface area contributed by atoms with Crippen molar-refractivity contribution in [1.29, 1.82) is 0 Å². The molecule has 1 aliphatic rings. The summed E-state index contributed by atoms with van der Waals surface area (Å²) in [4.78, 5) is 12.4. The van der Waals surface area contributed by atoms with Crippen molar-refractivity contribution in [2.75, 3.05) is 0 Å². The van der Waals surface area contributed by atoms with E-state index in [9.17, 15) is 9.18 Å². The van der Waals surface area contributed by atoms with E-state index in [1.165, 1.54) is 23.3 Å². The lowest BCUT2D eigenvalue weighted by atomic mass is 9.91. The van der Waals surface area contributed by atoms with Crippen LogP contribution in [-0.2, 0) is 24.2 Å². The molecule has 1 unspecified atom stereocenters. The van der Waals surface area contributed by atoms with Crippen molar-refractivity contribution < 1.29 is 9.18 Å². The van der Waals surface area contributed by atoms with Crippen LogP contribution in [0.4, 0.5) is 4.39 Å². The number of carbonyl (C=O) groups excluding carboxylic acids is 1. The molecule has 2 nitrogen and oxygen atoms in total. The molecule has 0 bridgehead atoms. The summed E-state index contributed by atoms with van der Waals surface area (Å²) >= 11 is 5.75. The Kier molecular flexibility index (Phi) is 4.04. The molecule has 4 heteroatoms. The average molecular weight is 304 g/mol. The highest BCUT2D eigenvalue weighted by Crippen LogP contribution is 2.20. The van der Waals surface area contributed by atoms with E-state index < -0.39 is 5.82 Å². The van der Waals surface area contributed by atoms with Crippen LogP contribution < -0.4 is 5.32 Å². The van der Waals surface area contributed by atoms with Gasteiger partial charge in [0.2, 0.25) is 0 Å². The predicted octanol–water partition coefficient (Wildman–Crippen LogP) is 3.31. The maximum atomic E-state index is 13.1. The van der Waals surface area contributed by atoms with Crippen molar-refractivity contribution in [2.45, 2.75) is 25.4 Å². The molecule has 1 aliphatic heterocycles. The zero-order chi connectivity index (χ0) is 14.8. The van der Waals surface area contributed by atoms with Gasteiger partial charge in [0.1, 0.15) is 5.82 Å². The molecular formula is C17H15ClFNO. The lowest BCUT2D eigenvalue weighted by Gasteiger charge is -2.25. The van der Waals surface area contributed by atoms with E-state index in [2.05, 4.69) is 17.4 Å². The molecule has 21 heavy (non-hydrogen) atoms. The van der Waals surface area contributed by atoms with Gasteiger partial charge in [-0.15, -0.1) is 0 Å². The fourth-order valence-corrected chi connectivity index (χ4v) is 2.86. The SMILES string of the molecule is O=C(Cc1ccc(F)c(Cl)c1)C1Cc2ccccc2CN1. The van der Waals surface area contributed by atoms with Crippen LogP contribution in [0.5, 0.6) is 0 Å². The largest absolute Gasteiger partial charge is 0.303 e. The third kappa shape index (κ3) is 3.14. The number of carbonyl (C=O) groups is 1. The first-order valence-electron chi connectivity index (χ1n) is 6.90. The quantitative estimate of drug-likeness (QED) is 0.942. The third-order valence-corrected chi connectivity index (χ3v) is 4.12. The number of rotatable bonds is 3. The highest BCUT2D eigenvalue weighted by Gasteiger charge is 2.23. The molecule has 1 atom stereocenters. The number of fused-ring (bicyclic) bond motifs is 1. The van der Waals surface area contributed by atoms with Crippen molar-refractivity contribution in [3.8, 4) is 0 Å². The van der Waals surface area contributed by atoms with Crippen LogP contribution >= 0.6 is 11.6 Å². The molecule has 0 spiro atoms. The molecule has 3 rings (SSSR count). The van der Waals surface area contributed by atoms with Crippen LogP contribution in [0, 0.1) is 5.82 Å². The van der Waals surface area contributed by atoms with Crippen molar-refractivity contribution >= 4 is 17.4 Å². The van der Waals surface area contributed by atoms with E-state index in [4.69, 9.17) is 11.6 Å². The number of benzene rings is 2. The second-order valence-electron chi connectivity index (χ2n) is 5.30. The van der Waals surface area contributed by atoms with Gasteiger partial charge >= 0.3 is 0 Å². The fraction of sp³-hybridized carbons (Fsp3) is 0.235. The zero-order valence-electron chi connectivity index (χ0n) is 11.4. The molecule has 2 aromatic carbocycles. The number of hydrogen-bond donors (Lipinski definition) is 1. The molecule has 0 aromatic heterocycles. The maximum Gasteiger partial charge on any atom is 0.154 e. The van der Waals surface area contributed by atoms with Crippen molar-refractivity contribution in [1.82, 2.24) is 5.32 Å². The summed E-state index contributed by atoms with van der Waals surface area (Å²) in [7, 11) is 0. The topological polar surface area (TPSA) is 29.1 Å². The molecule has 1 N–H and O–H groups in total. The fourth-order valence-electron chi connectivity index (χ4n) is 2.66. The minimum absolute atomic E-state index is 0.0576. The normalized spacial score (nSPS) is 17.3. The molecule has 1 heterocycles. The van der Waals surface area contributed by atoms with E-state index in [0.29, 0.717) is 13.0 Å². The van der Waals surface area contributed by atoms with Gasteiger partial charge in [0.25, 0.3) is 0 Å². The zero-order valence-corrected chi connectivity index (χ0v) is 12.2. The number of hydrogen-bond acceptors (Lipinski definition) is 2. The Morgan fingerprint density at radius 3 is 2.76 bits per heavy atom. The third-order valence-electron chi connectivity index (χ3n) is 3.83. The van der Waals surface area contributed by atoms with Crippen molar-refractivity contribution in [2.24, 2.45) is 0 Å². The first-order chi connectivity index (χ1) is 10.1. The van der Waals surface area contributed by atoms with Crippen molar-refractivity contribution in [3.05, 3.63) is 70.0 Å². The first-order valence-corrected chi connectivity index (χ1v) is 7.28. The molecule has 0 fully saturated rings. The molecule has 0 radical (unpaired) electrons. The Hall–Kier alpha value is -1.71. The summed E-state index contributed by atoms with van der Waals surface area (Å²) in [6.45, 7) is 0.705. The summed E-state index contributed by atoms with van der Waals surface area (Å²) in [5.41, 5.74) is 3.20. The number of Topliss-reactive ketones (excluding diaryl/α,β-unsaturated/α-hetero) is 1. The highest BCUT2D eigenvalue weighted by atomic mass is 35.5. The lowest BCUT2D eigenvalue weighted by molar-refractivity contribution is -0.120. The average Bonchev–Trinajstić information content (AvgIpc) is 2.50. The van der Waals surface area contributed by atoms with Gasteiger partial charge in [0, 0.05) is 13.0 Å². The van der Waals surface area contributed by atoms with Crippen LogP contribution in [0.3, 0.4) is 0 Å². The van der Waals surface area contributed by atoms with Gasteiger partial charge in [-0.3, -0.25) is 4.79 Å². The number of ketones is 1. The van der Waals surface area contributed by atoms with Crippen LogP contribution in [-0.4, -0.2) is 11.8 Å². The Morgan fingerprint density at radius 1 is 1.24 bits per heavy atom. The van der Waals surface area contributed by atoms with Gasteiger partial charge in [0.05, 0.1) is 11.1 Å². The number of nitrogens with one attached hydrogen (secondary N) is 1. The van der Waals surface area contributed by atoms with Crippen LogP contribution in [0.2, 0.25) is 5.02 Å². The predicted molar refractivity (Wildman–Crippen MR) is 80.9 cm³/mol. The second kappa shape index (κ2) is 5.96. The van der Waals surface area contributed by atoms with E-state index in [0.717, 1.165) is 5.56 Å². The molecule has 0 aliphatic carbocycles. The first kappa shape index (κ1) is 14.2. The molecule has 108 valence electrons. The molecule has 0 amide bonds. The summed E-state index contributed by atoms with van der Waals surface area (Å²) in [5, 5.41) is 3.32. The van der Waals surface area contributed by atoms with Gasteiger partial charge < -0.3 is 5.32 Å². The Morgan fingerprint density at radius 2 is 2.00 bits per heavy atom. The monoisotopic (exact) mass is 303 g/mol. The van der Waals surface area contributed by atoms with E-state index >= 15 is 0 Å². The smallest absolute Gasteiger partial charge is 0.154 e. The lowest BCUT2D eigenvalue weighted by Crippen LogP contribution is -2.42. The maximum absolute atomic E-state index is 13.1. The molecular weight excluding hydrogens is 289 g/mol. The minimum Gasteiger partial charge on any atom is -0.303 e. The van der Waals surface area contributed by atoms with Gasteiger partial charge in [-0.25, -0.2) is 4.39 Å². The van der Waals surface area contributed by atoms with E-state index in [-0.39, 0.29) is 23.3 Å². The van der Waals surface area contributed by atoms with Crippen molar-refractivity contribution in [3.63, 3.8) is 0 Å². The van der Waals surface area contributed by atoms with Gasteiger partial charge in [-0.05, 0) is 35.2 Å². The van der Waals surface area contributed by atoms with Crippen LogP contribution in [0.1, 0.15) is 16.7 Å². The second-order valence-corrected chi connectivity index (χ2v) is 5.71. The van der Waals surface area contributed by atoms with E-state index in [1.54, 1.807) is 6.07 Å². The van der Waals surface area contributed by atoms with Gasteiger partial charge in [-0.2, -0.15) is 0 Å². The Labute approximate surface area is 127 Å². The summed E-state index contributed by atoms with van der Waals surface area (Å²) in [6, 6.07) is 12.4. The van der Waals surface area contributed by atoms with Crippen LogP contribution in [0.15, 0.2) is 42.5 Å². The summed E-state index contributed by atoms with van der Waals surface area (Å²) in [6.07, 6.45) is 0.962. The van der Waals surface area contributed by atoms with E-state index in [1.807, 2.05) is 12.1 Å². The number of halogens is 2. The molecule has 0 saturated heterocycles. The Balaban J connectivity index is 1.70. The van der Waals surface area contributed by atoms with Crippen LogP contribution in [0.25, 0.3) is 0 Å². The highest BCUT2D eigenvalue weighted by molar-refractivity contribution is 6.30. The van der Waals surface area contributed by atoms with Gasteiger partial charge in [-0.1, -0.05) is 41.9 Å². The summed E-state index contributed by atoms with van der Waals surface area (Å²) < 4.78 is 13.1. The minimum atomic E-state index is -0.461. The summed E-state index contributed by atoms with van der Waals surface area (Å²) in [5.74, 6) is -0.357. The molecule has 2 aromatic rings.